The van der Waals surface area contributed by atoms with Crippen molar-refractivity contribution in [3.8, 4) is 5.75 Å². The molecule has 6 heteroatoms. The van der Waals surface area contributed by atoms with Crippen LogP contribution in [0.5, 0.6) is 5.75 Å². The van der Waals surface area contributed by atoms with Crippen molar-refractivity contribution in [1.82, 2.24) is 0 Å². The largest absolute Gasteiger partial charge is 0.496 e. The van der Waals surface area contributed by atoms with Gasteiger partial charge in [0.15, 0.2) is 6.29 Å². The highest BCUT2D eigenvalue weighted by atomic mass is 28.3. The number of carbonyl (C=O) groups is 1. The van der Waals surface area contributed by atoms with Crippen molar-refractivity contribution >= 4 is 20.0 Å². The zero-order valence-corrected chi connectivity index (χ0v) is 11.1. The van der Waals surface area contributed by atoms with Crippen LogP contribution in [0.1, 0.15) is 10.4 Å². The lowest BCUT2D eigenvalue weighted by atomic mass is 10.2. The summed E-state index contributed by atoms with van der Waals surface area (Å²) in [5.74, 6) is 0.410. The molecule has 1 aromatic carbocycles. The van der Waals surface area contributed by atoms with E-state index in [9.17, 15) is 14.9 Å². The van der Waals surface area contributed by atoms with Gasteiger partial charge in [0, 0.05) is 12.1 Å². The van der Waals surface area contributed by atoms with Crippen molar-refractivity contribution in [2.75, 3.05) is 6.23 Å². The zero-order valence-electron chi connectivity index (χ0n) is 10.1. The lowest BCUT2D eigenvalue weighted by Gasteiger charge is -2.17. The molecule has 0 fully saturated rings. The van der Waals surface area contributed by atoms with Crippen LogP contribution >= 0.6 is 0 Å². The molecule has 0 aromatic heterocycles. The second-order valence-electron chi connectivity index (χ2n) is 4.95. The van der Waals surface area contributed by atoms with Gasteiger partial charge in [0.1, 0.15) is 5.75 Å². The van der Waals surface area contributed by atoms with Gasteiger partial charge in [0.05, 0.1) is 24.8 Å². The highest BCUT2D eigenvalue weighted by Crippen LogP contribution is 2.23. The summed E-state index contributed by atoms with van der Waals surface area (Å²) in [6.07, 6.45) is 1.15. The Balaban J connectivity index is 2.93. The fraction of sp³-hybridized carbons (Fsp3) is 0.364. The van der Waals surface area contributed by atoms with Crippen LogP contribution < -0.4 is 4.74 Å². The molecule has 0 spiro atoms. The van der Waals surface area contributed by atoms with E-state index >= 15 is 0 Å². The van der Waals surface area contributed by atoms with E-state index in [2.05, 4.69) is 19.6 Å². The smallest absolute Gasteiger partial charge is 0.270 e. The van der Waals surface area contributed by atoms with Gasteiger partial charge in [-0.05, 0) is 6.07 Å². The maximum atomic E-state index is 10.8. The maximum absolute atomic E-state index is 10.8. The molecule has 5 nitrogen and oxygen atoms in total. The third-order valence-electron chi connectivity index (χ3n) is 1.99. The average molecular weight is 253 g/mol. The molecule has 92 valence electrons. The van der Waals surface area contributed by atoms with Crippen LogP contribution in [0.15, 0.2) is 18.2 Å². The number of aldehydes is 1. The Morgan fingerprint density at radius 1 is 1.41 bits per heavy atom. The molecule has 0 bridgehead atoms. The number of non-ortho nitro benzene ring substituents is 1. The topological polar surface area (TPSA) is 69.4 Å². The quantitative estimate of drug-likeness (QED) is 0.350. The van der Waals surface area contributed by atoms with Crippen molar-refractivity contribution in [2.24, 2.45) is 0 Å². The first-order chi connectivity index (χ1) is 7.83. The molecular formula is C11H15NO4Si. The number of nitro groups is 1. The van der Waals surface area contributed by atoms with Crippen molar-refractivity contribution in [1.29, 1.82) is 0 Å². The standard InChI is InChI=1S/C11H15NO4Si/c1-17(2,3)8-16-11-5-4-10(12(14)15)6-9(11)7-13/h4-7H,8H2,1-3H3. The van der Waals surface area contributed by atoms with E-state index in [-0.39, 0.29) is 11.3 Å². The Morgan fingerprint density at radius 3 is 2.53 bits per heavy atom. The fourth-order valence-corrected chi connectivity index (χ4v) is 1.76. The van der Waals surface area contributed by atoms with Crippen LogP contribution in [-0.2, 0) is 0 Å². The second-order valence-corrected chi connectivity index (χ2v) is 10.4. The highest BCUT2D eigenvalue weighted by molar-refractivity contribution is 6.76. The number of rotatable bonds is 5. The molecule has 0 radical (unpaired) electrons. The van der Waals surface area contributed by atoms with Crippen molar-refractivity contribution in [3.63, 3.8) is 0 Å². The summed E-state index contributed by atoms with van der Waals surface area (Å²) in [7, 11) is -1.38. The molecule has 0 saturated heterocycles. The predicted octanol–water partition coefficient (Wildman–Crippen LogP) is 2.66. The van der Waals surface area contributed by atoms with Crippen LogP contribution in [0.25, 0.3) is 0 Å². The van der Waals surface area contributed by atoms with E-state index in [4.69, 9.17) is 4.74 Å². The highest BCUT2D eigenvalue weighted by Gasteiger charge is 2.16. The lowest BCUT2D eigenvalue weighted by molar-refractivity contribution is -0.384. The van der Waals surface area contributed by atoms with Crippen LogP contribution in [0.2, 0.25) is 19.6 Å². The third-order valence-corrected chi connectivity index (χ3v) is 3.00. The van der Waals surface area contributed by atoms with Crippen molar-refractivity contribution in [2.45, 2.75) is 19.6 Å². The minimum Gasteiger partial charge on any atom is -0.496 e. The Hall–Kier alpha value is -1.69. The summed E-state index contributed by atoms with van der Waals surface area (Å²) in [4.78, 5) is 20.9. The van der Waals surface area contributed by atoms with Crippen molar-refractivity contribution in [3.05, 3.63) is 33.9 Å². The first kappa shape index (κ1) is 13.4. The van der Waals surface area contributed by atoms with Gasteiger partial charge in [0.25, 0.3) is 5.69 Å². The van der Waals surface area contributed by atoms with Crippen LogP contribution in [0.3, 0.4) is 0 Å². The Labute approximate surface area is 101 Å². The van der Waals surface area contributed by atoms with E-state index in [1.54, 1.807) is 0 Å². The van der Waals surface area contributed by atoms with Gasteiger partial charge in [-0.1, -0.05) is 19.6 Å². The van der Waals surface area contributed by atoms with Gasteiger partial charge in [-0.3, -0.25) is 14.9 Å². The molecule has 1 aromatic rings. The molecule has 0 unspecified atom stereocenters. The first-order valence-corrected chi connectivity index (χ1v) is 8.90. The molecule has 0 aliphatic carbocycles. The van der Waals surface area contributed by atoms with E-state index in [0.29, 0.717) is 18.3 Å². The Morgan fingerprint density at radius 2 is 2.06 bits per heavy atom. The molecular weight excluding hydrogens is 238 g/mol. The van der Waals surface area contributed by atoms with Crippen molar-refractivity contribution < 1.29 is 14.5 Å². The van der Waals surface area contributed by atoms with Crippen LogP contribution in [0.4, 0.5) is 5.69 Å². The molecule has 0 aliphatic heterocycles. The monoisotopic (exact) mass is 253 g/mol. The molecule has 0 atom stereocenters. The average Bonchev–Trinajstić information content (AvgIpc) is 2.24. The number of nitrogens with zero attached hydrogens (tertiary/aromatic N) is 1. The Bertz CT molecular complexity index is 440. The number of hydrogen-bond acceptors (Lipinski definition) is 4. The minimum absolute atomic E-state index is 0.104. The summed E-state index contributed by atoms with van der Waals surface area (Å²) >= 11 is 0. The van der Waals surface area contributed by atoms with Gasteiger partial charge < -0.3 is 4.74 Å². The molecule has 1 rings (SSSR count). The first-order valence-electron chi connectivity index (χ1n) is 5.20. The molecule has 0 heterocycles. The number of carbonyl (C=O) groups excluding carboxylic acids is 1. The molecule has 0 amide bonds. The van der Waals surface area contributed by atoms with Gasteiger partial charge >= 0.3 is 0 Å². The minimum atomic E-state index is -1.38. The normalized spacial score (nSPS) is 11.0. The maximum Gasteiger partial charge on any atom is 0.270 e. The Kier molecular flexibility index (Phi) is 4.00. The predicted molar refractivity (Wildman–Crippen MR) is 67.3 cm³/mol. The summed E-state index contributed by atoms with van der Waals surface area (Å²) in [6, 6.07) is 4.04. The summed E-state index contributed by atoms with van der Waals surface area (Å²) in [5.41, 5.74) is 0.116. The zero-order chi connectivity index (χ0) is 13.1. The molecule has 0 saturated carbocycles. The second kappa shape index (κ2) is 5.09. The SMILES string of the molecule is C[Si](C)(C)COc1ccc([N+](=O)[O-])cc1C=O. The van der Waals surface area contributed by atoms with Gasteiger partial charge in [-0.25, -0.2) is 0 Å². The number of ether oxygens (including phenoxy) is 1. The summed E-state index contributed by atoms with van der Waals surface area (Å²) in [6.45, 7) is 6.41. The van der Waals surface area contributed by atoms with E-state index in [1.807, 2.05) is 0 Å². The van der Waals surface area contributed by atoms with E-state index in [0.717, 1.165) is 0 Å². The van der Waals surface area contributed by atoms with Crippen LogP contribution in [0, 0.1) is 10.1 Å². The van der Waals surface area contributed by atoms with Crippen LogP contribution in [-0.4, -0.2) is 25.5 Å². The van der Waals surface area contributed by atoms with E-state index < -0.39 is 13.0 Å². The van der Waals surface area contributed by atoms with Gasteiger partial charge in [-0.15, -0.1) is 0 Å². The van der Waals surface area contributed by atoms with Gasteiger partial charge in [-0.2, -0.15) is 0 Å². The number of benzene rings is 1. The third kappa shape index (κ3) is 3.99. The summed E-state index contributed by atoms with van der Waals surface area (Å²) in [5, 5.41) is 10.6. The summed E-state index contributed by atoms with van der Waals surface area (Å²) < 4.78 is 5.54. The molecule has 0 N–H and O–H groups in total. The molecule has 17 heavy (non-hydrogen) atoms. The number of nitro benzene ring substituents is 1. The fourth-order valence-electron chi connectivity index (χ4n) is 1.17. The molecule has 0 aliphatic rings. The van der Waals surface area contributed by atoms with E-state index in [1.165, 1.54) is 18.2 Å². The van der Waals surface area contributed by atoms with Gasteiger partial charge in [0.2, 0.25) is 0 Å². The lowest BCUT2D eigenvalue weighted by Crippen LogP contribution is -2.30. The number of hydrogen-bond donors (Lipinski definition) is 0.